The summed E-state index contributed by atoms with van der Waals surface area (Å²) in [5.41, 5.74) is 6.75. The SMILES string of the molecule is COc1cc(F)c(C(N)c2sccc2C)c(F)c1. The Hall–Kier alpha value is -1.46. The predicted octanol–water partition coefficient (Wildman–Crippen LogP) is 3.39. The average Bonchev–Trinajstić information content (AvgIpc) is 2.74. The zero-order valence-corrected chi connectivity index (χ0v) is 10.9. The second-order valence-corrected chi connectivity index (χ2v) is 4.90. The van der Waals surface area contributed by atoms with Gasteiger partial charge in [-0.2, -0.15) is 0 Å². The van der Waals surface area contributed by atoms with Crippen molar-refractivity contribution in [3.05, 3.63) is 51.2 Å². The fourth-order valence-corrected chi connectivity index (χ4v) is 2.75. The van der Waals surface area contributed by atoms with Crippen molar-refractivity contribution in [2.75, 3.05) is 7.11 Å². The lowest BCUT2D eigenvalue weighted by Crippen LogP contribution is -2.15. The van der Waals surface area contributed by atoms with Gasteiger partial charge in [0.15, 0.2) is 0 Å². The first-order chi connectivity index (χ1) is 8.54. The highest BCUT2D eigenvalue weighted by atomic mass is 32.1. The number of halogens is 2. The normalized spacial score (nSPS) is 12.5. The quantitative estimate of drug-likeness (QED) is 0.927. The molecule has 1 unspecified atom stereocenters. The van der Waals surface area contributed by atoms with Crippen LogP contribution in [0.2, 0.25) is 0 Å². The molecule has 96 valence electrons. The summed E-state index contributed by atoms with van der Waals surface area (Å²) in [6.07, 6.45) is 0. The molecule has 0 aliphatic carbocycles. The van der Waals surface area contributed by atoms with Crippen LogP contribution in [0, 0.1) is 18.6 Å². The van der Waals surface area contributed by atoms with Crippen LogP contribution in [0.1, 0.15) is 22.0 Å². The minimum absolute atomic E-state index is 0.124. The lowest BCUT2D eigenvalue weighted by molar-refractivity contribution is 0.404. The summed E-state index contributed by atoms with van der Waals surface area (Å²) < 4.78 is 32.6. The van der Waals surface area contributed by atoms with Crippen molar-refractivity contribution in [3.8, 4) is 5.75 Å². The van der Waals surface area contributed by atoms with Crippen LogP contribution in [0.4, 0.5) is 8.78 Å². The summed E-state index contributed by atoms with van der Waals surface area (Å²) in [6, 6.07) is 3.36. The Labute approximate surface area is 108 Å². The van der Waals surface area contributed by atoms with Crippen LogP contribution in [0.15, 0.2) is 23.6 Å². The molecule has 2 aromatic rings. The third-order valence-electron chi connectivity index (χ3n) is 2.78. The second kappa shape index (κ2) is 5.04. The van der Waals surface area contributed by atoms with Crippen molar-refractivity contribution >= 4 is 11.3 Å². The van der Waals surface area contributed by atoms with Gasteiger partial charge in [-0.05, 0) is 23.9 Å². The second-order valence-electron chi connectivity index (χ2n) is 3.95. The molecule has 1 atom stereocenters. The van der Waals surface area contributed by atoms with Gasteiger partial charge in [-0.1, -0.05) is 0 Å². The molecule has 0 fully saturated rings. The Bertz CT molecular complexity index is 545. The largest absolute Gasteiger partial charge is 0.497 e. The first-order valence-corrected chi connectivity index (χ1v) is 6.25. The van der Waals surface area contributed by atoms with Gasteiger partial charge in [-0.3, -0.25) is 0 Å². The Balaban J connectivity index is 2.48. The minimum Gasteiger partial charge on any atom is -0.497 e. The molecule has 18 heavy (non-hydrogen) atoms. The number of methoxy groups -OCH3 is 1. The Morgan fingerprint density at radius 2 is 1.89 bits per heavy atom. The van der Waals surface area contributed by atoms with E-state index in [0.717, 1.165) is 22.6 Å². The van der Waals surface area contributed by atoms with Gasteiger partial charge >= 0.3 is 0 Å². The van der Waals surface area contributed by atoms with Crippen molar-refractivity contribution in [1.82, 2.24) is 0 Å². The van der Waals surface area contributed by atoms with E-state index in [0.29, 0.717) is 0 Å². The monoisotopic (exact) mass is 269 g/mol. The highest BCUT2D eigenvalue weighted by Crippen LogP contribution is 2.32. The average molecular weight is 269 g/mol. The molecule has 0 saturated carbocycles. The van der Waals surface area contributed by atoms with Gasteiger partial charge in [0.25, 0.3) is 0 Å². The number of nitrogens with two attached hydrogens (primary N) is 1. The van der Waals surface area contributed by atoms with E-state index in [-0.39, 0.29) is 11.3 Å². The van der Waals surface area contributed by atoms with E-state index in [1.54, 1.807) is 0 Å². The van der Waals surface area contributed by atoms with Gasteiger partial charge in [0, 0.05) is 22.6 Å². The number of rotatable bonds is 3. The number of ether oxygens (including phenoxy) is 1. The molecule has 0 amide bonds. The smallest absolute Gasteiger partial charge is 0.134 e. The summed E-state index contributed by atoms with van der Waals surface area (Å²) in [5, 5.41) is 1.85. The Morgan fingerprint density at radius 1 is 1.28 bits per heavy atom. The van der Waals surface area contributed by atoms with E-state index >= 15 is 0 Å². The van der Waals surface area contributed by atoms with Crippen molar-refractivity contribution in [3.63, 3.8) is 0 Å². The molecule has 0 aliphatic rings. The maximum absolute atomic E-state index is 13.9. The van der Waals surface area contributed by atoms with E-state index in [1.165, 1.54) is 18.4 Å². The van der Waals surface area contributed by atoms with E-state index in [4.69, 9.17) is 10.5 Å². The molecular weight excluding hydrogens is 256 g/mol. The van der Waals surface area contributed by atoms with Gasteiger partial charge in [0.05, 0.1) is 13.2 Å². The molecule has 2 nitrogen and oxygen atoms in total. The van der Waals surface area contributed by atoms with Crippen LogP contribution < -0.4 is 10.5 Å². The summed E-state index contributed by atoms with van der Waals surface area (Å²) in [4.78, 5) is 0.762. The molecule has 1 aromatic carbocycles. The molecule has 1 aromatic heterocycles. The third-order valence-corrected chi connectivity index (χ3v) is 3.89. The molecule has 0 radical (unpaired) electrons. The molecule has 0 spiro atoms. The standard InChI is InChI=1S/C13H13F2NOS/c1-7-3-4-18-13(7)12(16)11-9(14)5-8(17-2)6-10(11)15/h3-6,12H,16H2,1-2H3. The van der Waals surface area contributed by atoms with E-state index in [9.17, 15) is 8.78 Å². The summed E-state index contributed by atoms with van der Waals surface area (Å²) in [7, 11) is 1.36. The van der Waals surface area contributed by atoms with Crippen LogP contribution in [0.5, 0.6) is 5.75 Å². The number of hydrogen-bond acceptors (Lipinski definition) is 3. The zero-order chi connectivity index (χ0) is 13.3. The molecular formula is C13H13F2NOS. The first kappa shape index (κ1) is 13.0. The van der Waals surface area contributed by atoms with Crippen molar-refractivity contribution in [2.45, 2.75) is 13.0 Å². The topological polar surface area (TPSA) is 35.2 Å². The van der Waals surface area contributed by atoms with Crippen LogP contribution >= 0.6 is 11.3 Å². The highest BCUT2D eigenvalue weighted by molar-refractivity contribution is 7.10. The maximum Gasteiger partial charge on any atom is 0.134 e. The van der Waals surface area contributed by atoms with Crippen LogP contribution in [0.3, 0.4) is 0 Å². The molecule has 0 saturated heterocycles. The molecule has 0 bridgehead atoms. The van der Waals surface area contributed by atoms with Gasteiger partial charge < -0.3 is 10.5 Å². The number of aryl methyl sites for hydroxylation is 1. The van der Waals surface area contributed by atoms with Crippen LogP contribution in [-0.4, -0.2) is 7.11 Å². The molecule has 2 N–H and O–H groups in total. The van der Waals surface area contributed by atoms with Gasteiger partial charge in [0.2, 0.25) is 0 Å². The fourth-order valence-electron chi connectivity index (χ4n) is 1.81. The summed E-state index contributed by atoms with van der Waals surface area (Å²) in [6.45, 7) is 1.87. The number of hydrogen-bond donors (Lipinski definition) is 1. The first-order valence-electron chi connectivity index (χ1n) is 5.37. The van der Waals surface area contributed by atoms with E-state index in [2.05, 4.69) is 0 Å². The number of thiophene rings is 1. The number of benzene rings is 1. The summed E-state index contributed by atoms with van der Waals surface area (Å²) >= 11 is 1.39. The maximum atomic E-state index is 13.9. The predicted molar refractivity (Wildman–Crippen MR) is 68.0 cm³/mol. The van der Waals surface area contributed by atoms with Crippen molar-refractivity contribution in [1.29, 1.82) is 0 Å². The van der Waals surface area contributed by atoms with Crippen molar-refractivity contribution in [2.24, 2.45) is 5.73 Å². The molecule has 2 rings (SSSR count). The van der Waals surface area contributed by atoms with Crippen LogP contribution in [-0.2, 0) is 0 Å². The van der Waals surface area contributed by atoms with Gasteiger partial charge in [-0.15, -0.1) is 11.3 Å². The van der Waals surface area contributed by atoms with E-state index in [1.807, 2.05) is 18.4 Å². The third kappa shape index (κ3) is 2.23. The summed E-state index contributed by atoms with van der Waals surface area (Å²) in [5.74, 6) is -1.23. The molecule has 0 aliphatic heterocycles. The fraction of sp³-hybridized carbons (Fsp3) is 0.231. The highest BCUT2D eigenvalue weighted by Gasteiger charge is 2.21. The van der Waals surface area contributed by atoms with Gasteiger partial charge in [-0.25, -0.2) is 8.78 Å². The lowest BCUT2D eigenvalue weighted by atomic mass is 10.0. The minimum atomic E-state index is -0.795. The van der Waals surface area contributed by atoms with Crippen LogP contribution in [0.25, 0.3) is 0 Å². The molecule has 5 heteroatoms. The Kier molecular flexibility index (Phi) is 3.63. The van der Waals surface area contributed by atoms with E-state index < -0.39 is 17.7 Å². The van der Waals surface area contributed by atoms with Crippen molar-refractivity contribution < 1.29 is 13.5 Å². The lowest BCUT2D eigenvalue weighted by Gasteiger charge is -2.14. The zero-order valence-electron chi connectivity index (χ0n) is 10.0. The molecule has 1 heterocycles. The Morgan fingerprint density at radius 3 is 2.33 bits per heavy atom. The van der Waals surface area contributed by atoms with Gasteiger partial charge in [0.1, 0.15) is 17.4 Å².